The molecule has 5 heteroatoms. The Morgan fingerprint density at radius 1 is 1.16 bits per heavy atom. The molecule has 0 saturated carbocycles. The fourth-order valence-electron chi connectivity index (χ4n) is 2.00. The first-order valence-corrected chi connectivity index (χ1v) is 5.83. The molecule has 0 aliphatic carbocycles. The summed E-state index contributed by atoms with van der Waals surface area (Å²) in [5.41, 5.74) is 7.00. The molecule has 5 nitrogen and oxygen atoms in total. The Morgan fingerprint density at radius 3 is 2.74 bits per heavy atom. The van der Waals surface area contributed by atoms with E-state index in [2.05, 4.69) is 15.5 Å². The minimum absolute atomic E-state index is 0.271. The van der Waals surface area contributed by atoms with Gasteiger partial charge in [0.1, 0.15) is 5.69 Å². The summed E-state index contributed by atoms with van der Waals surface area (Å²) in [6, 6.07) is 13.6. The number of nitrogen functional groups attached to an aromatic ring is 1. The van der Waals surface area contributed by atoms with Crippen LogP contribution in [0.4, 0.5) is 11.4 Å². The van der Waals surface area contributed by atoms with E-state index in [-0.39, 0.29) is 11.6 Å². The van der Waals surface area contributed by atoms with Crippen LogP contribution in [-0.2, 0) is 0 Å². The van der Waals surface area contributed by atoms with E-state index < -0.39 is 0 Å². The Balaban J connectivity index is 1.98. The van der Waals surface area contributed by atoms with Crippen LogP contribution >= 0.6 is 0 Å². The van der Waals surface area contributed by atoms with Crippen molar-refractivity contribution in [1.29, 1.82) is 0 Å². The zero-order valence-corrected chi connectivity index (χ0v) is 10.1. The lowest BCUT2D eigenvalue weighted by Crippen LogP contribution is -2.14. The van der Waals surface area contributed by atoms with E-state index in [0.29, 0.717) is 5.69 Å². The van der Waals surface area contributed by atoms with Gasteiger partial charge in [0.05, 0.1) is 11.9 Å². The lowest BCUT2D eigenvalue weighted by Gasteiger charge is -2.08. The number of benzene rings is 2. The highest BCUT2D eigenvalue weighted by atomic mass is 16.2. The maximum atomic E-state index is 12.1. The van der Waals surface area contributed by atoms with Gasteiger partial charge in [-0.2, -0.15) is 5.10 Å². The van der Waals surface area contributed by atoms with Crippen LogP contribution in [-0.4, -0.2) is 16.1 Å². The average Bonchev–Trinajstić information content (AvgIpc) is 2.85. The van der Waals surface area contributed by atoms with Crippen molar-refractivity contribution in [3.8, 4) is 0 Å². The second kappa shape index (κ2) is 4.45. The van der Waals surface area contributed by atoms with Crippen molar-refractivity contribution in [1.82, 2.24) is 10.2 Å². The summed E-state index contributed by atoms with van der Waals surface area (Å²) in [5.74, 6) is -0.300. The van der Waals surface area contributed by atoms with Crippen molar-refractivity contribution in [2.75, 3.05) is 11.1 Å². The van der Waals surface area contributed by atoms with Gasteiger partial charge in [0.2, 0.25) is 0 Å². The van der Waals surface area contributed by atoms with Gasteiger partial charge in [0.15, 0.2) is 0 Å². The number of nitrogens with one attached hydrogen (secondary N) is 2. The molecule has 0 radical (unpaired) electrons. The van der Waals surface area contributed by atoms with Crippen LogP contribution in [0.5, 0.6) is 0 Å². The lowest BCUT2D eigenvalue weighted by molar-refractivity contribution is 0.102. The average molecular weight is 252 g/mol. The molecule has 0 saturated heterocycles. The van der Waals surface area contributed by atoms with Gasteiger partial charge in [0.25, 0.3) is 5.91 Å². The summed E-state index contributed by atoms with van der Waals surface area (Å²) in [6.07, 6.45) is 1.41. The van der Waals surface area contributed by atoms with Crippen molar-refractivity contribution in [2.45, 2.75) is 0 Å². The second-order valence-corrected chi connectivity index (χ2v) is 4.18. The summed E-state index contributed by atoms with van der Waals surface area (Å²) in [4.78, 5) is 12.1. The summed E-state index contributed by atoms with van der Waals surface area (Å²) in [6.45, 7) is 0. The van der Waals surface area contributed by atoms with Gasteiger partial charge in [-0.3, -0.25) is 9.89 Å². The zero-order chi connectivity index (χ0) is 13.2. The minimum Gasteiger partial charge on any atom is -0.396 e. The van der Waals surface area contributed by atoms with Gasteiger partial charge in [-0.15, -0.1) is 0 Å². The molecule has 1 aromatic heterocycles. The van der Waals surface area contributed by atoms with Gasteiger partial charge in [-0.1, -0.05) is 36.4 Å². The molecule has 19 heavy (non-hydrogen) atoms. The maximum absolute atomic E-state index is 12.1. The fourth-order valence-corrected chi connectivity index (χ4v) is 2.00. The van der Waals surface area contributed by atoms with Crippen LogP contribution in [0, 0.1) is 0 Å². The van der Waals surface area contributed by atoms with Crippen molar-refractivity contribution in [3.63, 3.8) is 0 Å². The number of aromatic nitrogens is 2. The molecule has 0 spiro atoms. The Bertz CT molecular complexity index is 743. The van der Waals surface area contributed by atoms with E-state index in [0.717, 1.165) is 16.5 Å². The topological polar surface area (TPSA) is 83.8 Å². The monoisotopic (exact) mass is 252 g/mol. The number of aromatic amines is 1. The predicted molar refractivity (Wildman–Crippen MR) is 74.9 cm³/mol. The number of carbonyl (C=O) groups is 1. The highest BCUT2D eigenvalue weighted by Crippen LogP contribution is 2.23. The Labute approximate surface area is 109 Å². The summed E-state index contributed by atoms with van der Waals surface area (Å²) >= 11 is 0. The van der Waals surface area contributed by atoms with E-state index in [4.69, 9.17) is 5.73 Å². The number of fused-ring (bicyclic) bond motifs is 1. The molecule has 0 bridgehead atoms. The summed E-state index contributed by atoms with van der Waals surface area (Å²) < 4.78 is 0. The largest absolute Gasteiger partial charge is 0.396 e. The van der Waals surface area contributed by atoms with E-state index in [1.165, 1.54) is 6.20 Å². The first-order valence-electron chi connectivity index (χ1n) is 5.83. The molecule has 1 heterocycles. The molecule has 3 aromatic rings. The minimum atomic E-state index is -0.300. The Kier molecular flexibility index (Phi) is 2.64. The normalized spacial score (nSPS) is 10.5. The van der Waals surface area contributed by atoms with E-state index in [9.17, 15) is 4.79 Å². The van der Waals surface area contributed by atoms with E-state index >= 15 is 0 Å². The van der Waals surface area contributed by atoms with Crippen LogP contribution in [0.25, 0.3) is 10.8 Å². The summed E-state index contributed by atoms with van der Waals surface area (Å²) in [7, 11) is 0. The summed E-state index contributed by atoms with van der Waals surface area (Å²) in [5, 5.41) is 11.2. The number of nitrogens with zero attached hydrogens (tertiary/aromatic N) is 1. The number of H-pyrrole nitrogens is 1. The molecule has 0 unspecified atom stereocenters. The quantitative estimate of drug-likeness (QED) is 0.654. The smallest absolute Gasteiger partial charge is 0.275 e. The fraction of sp³-hybridized carbons (Fsp3) is 0. The molecule has 3 rings (SSSR count). The number of nitrogens with two attached hydrogens (primary N) is 1. The SMILES string of the molecule is Nc1cn[nH]c1C(=O)Nc1cccc2ccccc12. The predicted octanol–water partition coefficient (Wildman–Crippen LogP) is 2.40. The maximum Gasteiger partial charge on any atom is 0.275 e. The third-order valence-electron chi connectivity index (χ3n) is 2.93. The third kappa shape index (κ3) is 2.01. The number of anilines is 2. The van der Waals surface area contributed by atoms with Crippen LogP contribution in [0.15, 0.2) is 48.7 Å². The molecule has 4 N–H and O–H groups in total. The third-order valence-corrected chi connectivity index (χ3v) is 2.93. The number of hydrogen-bond acceptors (Lipinski definition) is 3. The number of rotatable bonds is 2. The van der Waals surface area contributed by atoms with E-state index in [1.54, 1.807) is 0 Å². The standard InChI is InChI=1S/C14H12N4O/c15-11-8-16-18-13(11)14(19)17-12-7-3-5-9-4-1-2-6-10(9)12/h1-8H,15H2,(H,16,18)(H,17,19). The molecular weight excluding hydrogens is 240 g/mol. The second-order valence-electron chi connectivity index (χ2n) is 4.18. The van der Waals surface area contributed by atoms with Gasteiger partial charge >= 0.3 is 0 Å². The molecule has 1 amide bonds. The van der Waals surface area contributed by atoms with Crippen molar-refractivity contribution in [2.24, 2.45) is 0 Å². The van der Waals surface area contributed by atoms with Crippen LogP contribution in [0.2, 0.25) is 0 Å². The number of amides is 1. The number of carbonyl (C=O) groups excluding carboxylic acids is 1. The molecule has 0 atom stereocenters. The molecule has 0 aliphatic heterocycles. The number of hydrogen-bond donors (Lipinski definition) is 3. The van der Waals surface area contributed by atoms with E-state index in [1.807, 2.05) is 42.5 Å². The molecule has 94 valence electrons. The van der Waals surface area contributed by atoms with Crippen LogP contribution in [0.3, 0.4) is 0 Å². The van der Waals surface area contributed by atoms with Gasteiger partial charge in [0, 0.05) is 11.1 Å². The molecule has 0 fully saturated rings. The first-order chi connectivity index (χ1) is 9.25. The first kappa shape index (κ1) is 11.3. The zero-order valence-electron chi connectivity index (χ0n) is 10.1. The highest BCUT2D eigenvalue weighted by Gasteiger charge is 2.12. The Hall–Kier alpha value is -2.82. The lowest BCUT2D eigenvalue weighted by atomic mass is 10.1. The van der Waals surface area contributed by atoms with Gasteiger partial charge in [-0.05, 0) is 11.5 Å². The molecule has 2 aromatic carbocycles. The van der Waals surface area contributed by atoms with Gasteiger partial charge in [-0.25, -0.2) is 0 Å². The van der Waals surface area contributed by atoms with Crippen molar-refractivity contribution >= 4 is 28.1 Å². The Morgan fingerprint density at radius 2 is 1.95 bits per heavy atom. The molecular formula is C14H12N4O. The highest BCUT2D eigenvalue weighted by molar-refractivity contribution is 6.10. The van der Waals surface area contributed by atoms with Crippen molar-refractivity contribution in [3.05, 3.63) is 54.4 Å². The van der Waals surface area contributed by atoms with Crippen LogP contribution < -0.4 is 11.1 Å². The van der Waals surface area contributed by atoms with Crippen molar-refractivity contribution < 1.29 is 4.79 Å². The van der Waals surface area contributed by atoms with Crippen LogP contribution in [0.1, 0.15) is 10.5 Å². The molecule has 0 aliphatic rings. The van der Waals surface area contributed by atoms with Gasteiger partial charge < -0.3 is 11.1 Å².